The van der Waals surface area contributed by atoms with Gasteiger partial charge in [0, 0.05) is 18.4 Å². The molecule has 0 radical (unpaired) electrons. The molecule has 1 rings (SSSR count). The van der Waals surface area contributed by atoms with Gasteiger partial charge in [-0.3, -0.25) is 4.79 Å². The SMILES string of the molecule is CC(C)(C)C(=O)N1CCC(O)(C(F)(F)F)C1. The summed E-state index contributed by atoms with van der Waals surface area (Å²) in [4.78, 5) is 12.8. The Morgan fingerprint density at radius 1 is 1.31 bits per heavy atom. The standard InChI is InChI=1S/C10H16F3NO2/c1-8(2,3)7(15)14-5-4-9(16,6-14)10(11,12)13/h16H,4-6H2,1-3H3. The third-order valence-electron chi connectivity index (χ3n) is 2.70. The molecule has 1 saturated heterocycles. The molecule has 1 amide bonds. The van der Waals surface area contributed by atoms with Crippen molar-refractivity contribution in [2.75, 3.05) is 13.1 Å². The minimum absolute atomic E-state index is 0.0495. The maximum Gasteiger partial charge on any atom is 0.419 e. The van der Waals surface area contributed by atoms with E-state index in [1.807, 2.05) is 0 Å². The van der Waals surface area contributed by atoms with E-state index in [2.05, 4.69) is 0 Å². The summed E-state index contributed by atoms with van der Waals surface area (Å²) in [6, 6.07) is 0. The van der Waals surface area contributed by atoms with Gasteiger partial charge >= 0.3 is 6.18 Å². The fourth-order valence-corrected chi connectivity index (χ4v) is 1.67. The van der Waals surface area contributed by atoms with E-state index in [-0.39, 0.29) is 12.5 Å². The number of rotatable bonds is 0. The lowest BCUT2D eigenvalue weighted by molar-refractivity contribution is -0.253. The molecular weight excluding hydrogens is 223 g/mol. The van der Waals surface area contributed by atoms with E-state index in [1.54, 1.807) is 20.8 Å². The quantitative estimate of drug-likeness (QED) is 0.697. The normalized spacial score (nSPS) is 27.3. The molecule has 3 nitrogen and oxygen atoms in total. The second-order valence-corrected chi connectivity index (χ2v) is 5.26. The number of hydrogen-bond donors (Lipinski definition) is 1. The largest absolute Gasteiger partial charge is 0.419 e. The predicted molar refractivity (Wildman–Crippen MR) is 51.7 cm³/mol. The highest BCUT2D eigenvalue weighted by atomic mass is 19.4. The first-order chi connectivity index (χ1) is 6.97. The fourth-order valence-electron chi connectivity index (χ4n) is 1.67. The number of aliphatic hydroxyl groups is 1. The Labute approximate surface area is 92.2 Å². The van der Waals surface area contributed by atoms with Gasteiger partial charge in [-0.15, -0.1) is 0 Å². The molecule has 0 spiro atoms. The molecule has 0 saturated carbocycles. The maximum atomic E-state index is 12.5. The molecule has 0 aromatic rings. The van der Waals surface area contributed by atoms with Crippen molar-refractivity contribution in [2.45, 2.75) is 39.0 Å². The van der Waals surface area contributed by atoms with Crippen LogP contribution in [-0.4, -0.2) is 40.8 Å². The number of carbonyl (C=O) groups is 1. The van der Waals surface area contributed by atoms with Crippen molar-refractivity contribution in [3.63, 3.8) is 0 Å². The lowest BCUT2D eigenvalue weighted by Crippen LogP contribution is -2.49. The summed E-state index contributed by atoms with van der Waals surface area (Å²) in [6.45, 7) is 4.21. The van der Waals surface area contributed by atoms with Crippen LogP contribution in [0.15, 0.2) is 0 Å². The highest BCUT2D eigenvalue weighted by Gasteiger charge is 2.58. The molecule has 6 heteroatoms. The molecule has 16 heavy (non-hydrogen) atoms. The van der Waals surface area contributed by atoms with Gasteiger partial charge in [0.15, 0.2) is 5.60 Å². The summed E-state index contributed by atoms with van der Waals surface area (Å²) in [6.07, 6.45) is -5.13. The molecule has 1 aliphatic rings. The Kier molecular flexibility index (Phi) is 3.00. The third kappa shape index (κ3) is 2.31. The molecular formula is C10H16F3NO2. The summed E-state index contributed by atoms with van der Waals surface area (Å²) in [7, 11) is 0. The van der Waals surface area contributed by atoms with E-state index in [4.69, 9.17) is 0 Å². The van der Waals surface area contributed by atoms with Crippen LogP contribution in [0.2, 0.25) is 0 Å². The third-order valence-corrected chi connectivity index (χ3v) is 2.70. The van der Waals surface area contributed by atoms with Gasteiger partial charge in [0.25, 0.3) is 0 Å². The van der Waals surface area contributed by atoms with E-state index in [9.17, 15) is 23.1 Å². The number of hydrogen-bond acceptors (Lipinski definition) is 2. The van der Waals surface area contributed by atoms with Crippen LogP contribution in [0.4, 0.5) is 13.2 Å². The van der Waals surface area contributed by atoms with Crippen LogP contribution in [0.25, 0.3) is 0 Å². The molecule has 1 unspecified atom stereocenters. The summed E-state index contributed by atoms with van der Waals surface area (Å²) in [5.41, 5.74) is -3.47. The zero-order valence-corrected chi connectivity index (χ0v) is 9.56. The Balaban J connectivity index is 2.77. The van der Waals surface area contributed by atoms with Crippen LogP contribution in [-0.2, 0) is 4.79 Å². The summed E-state index contributed by atoms with van der Waals surface area (Å²) in [5, 5.41) is 9.39. The molecule has 0 aromatic heterocycles. The Hall–Kier alpha value is -0.780. The summed E-state index contributed by atoms with van der Waals surface area (Å²) >= 11 is 0. The second-order valence-electron chi connectivity index (χ2n) is 5.26. The van der Waals surface area contributed by atoms with E-state index in [0.29, 0.717) is 0 Å². The molecule has 94 valence electrons. The van der Waals surface area contributed by atoms with Gasteiger partial charge < -0.3 is 10.0 Å². The Bertz CT molecular complexity index is 295. The zero-order valence-electron chi connectivity index (χ0n) is 9.56. The molecule has 1 N–H and O–H groups in total. The van der Waals surface area contributed by atoms with E-state index in [0.717, 1.165) is 4.90 Å². The number of β-amino-alcohol motifs (C(OH)–C–C–N with tert-alkyl or cyclic N) is 1. The maximum absolute atomic E-state index is 12.5. The topological polar surface area (TPSA) is 40.5 Å². The van der Waals surface area contributed by atoms with Gasteiger partial charge in [-0.2, -0.15) is 13.2 Å². The van der Waals surface area contributed by atoms with Gasteiger partial charge in [-0.05, 0) is 0 Å². The van der Waals surface area contributed by atoms with Crippen LogP contribution in [0.3, 0.4) is 0 Å². The number of nitrogens with zero attached hydrogens (tertiary/aromatic N) is 1. The molecule has 1 atom stereocenters. The number of amides is 1. The van der Waals surface area contributed by atoms with Crippen molar-refractivity contribution < 1.29 is 23.1 Å². The van der Waals surface area contributed by atoms with E-state index in [1.165, 1.54) is 0 Å². The fraction of sp³-hybridized carbons (Fsp3) is 0.900. The minimum atomic E-state index is -4.68. The van der Waals surface area contributed by atoms with E-state index < -0.39 is 30.2 Å². The average molecular weight is 239 g/mol. The van der Waals surface area contributed by atoms with Gasteiger partial charge in [-0.25, -0.2) is 0 Å². The van der Waals surface area contributed by atoms with Crippen LogP contribution >= 0.6 is 0 Å². The summed E-state index contributed by atoms with van der Waals surface area (Å²) in [5.74, 6) is -0.368. The molecule has 1 fully saturated rings. The number of alkyl halides is 3. The van der Waals surface area contributed by atoms with Gasteiger partial charge in [0.05, 0.1) is 6.54 Å². The molecule has 0 bridgehead atoms. The van der Waals surface area contributed by atoms with Crippen molar-refractivity contribution in [2.24, 2.45) is 5.41 Å². The number of halogens is 3. The van der Waals surface area contributed by atoms with Crippen molar-refractivity contribution in [1.82, 2.24) is 4.90 Å². The lowest BCUT2D eigenvalue weighted by Gasteiger charge is -2.28. The Morgan fingerprint density at radius 2 is 1.81 bits per heavy atom. The highest BCUT2D eigenvalue weighted by Crippen LogP contribution is 2.38. The van der Waals surface area contributed by atoms with Gasteiger partial charge in [-0.1, -0.05) is 20.8 Å². The second kappa shape index (κ2) is 3.61. The van der Waals surface area contributed by atoms with Crippen molar-refractivity contribution in [3.05, 3.63) is 0 Å². The first kappa shape index (κ1) is 13.3. The lowest BCUT2D eigenvalue weighted by atomic mass is 9.95. The Morgan fingerprint density at radius 3 is 2.12 bits per heavy atom. The van der Waals surface area contributed by atoms with Gasteiger partial charge in [0.1, 0.15) is 0 Å². The highest BCUT2D eigenvalue weighted by molar-refractivity contribution is 5.81. The van der Waals surface area contributed by atoms with Crippen LogP contribution in [0, 0.1) is 5.41 Å². The number of likely N-dealkylation sites (tertiary alicyclic amines) is 1. The van der Waals surface area contributed by atoms with Crippen LogP contribution in [0.5, 0.6) is 0 Å². The van der Waals surface area contributed by atoms with Crippen molar-refractivity contribution >= 4 is 5.91 Å². The molecule has 0 aromatic carbocycles. The van der Waals surface area contributed by atoms with E-state index >= 15 is 0 Å². The van der Waals surface area contributed by atoms with Gasteiger partial charge in [0.2, 0.25) is 5.91 Å². The predicted octanol–water partition coefficient (Wildman–Crippen LogP) is 1.56. The molecule has 1 aliphatic heterocycles. The van der Waals surface area contributed by atoms with Crippen molar-refractivity contribution in [1.29, 1.82) is 0 Å². The monoisotopic (exact) mass is 239 g/mol. The van der Waals surface area contributed by atoms with Crippen LogP contribution < -0.4 is 0 Å². The first-order valence-electron chi connectivity index (χ1n) is 5.06. The number of carbonyl (C=O) groups excluding carboxylic acids is 1. The smallest absolute Gasteiger partial charge is 0.379 e. The molecule has 1 heterocycles. The zero-order chi connectivity index (χ0) is 12.8. The summed E-state index contributed by atoms with van der Waals surface area (Å²) < 4.78 is 37.5. The minimum Gasteiger partial charge on any atom is -0.379 e. The average Bonchev–Trinajstić information content (AvgIpc) is 2.45. The molecule has 0 aliphatic carbocycles. The van der Waals surface area contributed by atoms with Crippen molar-refractivity contribution in [3.8, 4) is 0 Å². The van der Waals surface area contributed by atoms with Crippen LogP contribution in [0.1, 0.15) is 27.2 Å². The first-order valence-corrected chi connectivity index (χ1v) is 5.06.